The van der Waals surface area contributed by atoms with Crippen molar-refractivity contribution in [3.8, 4) is 5.75 Å². The molecule has 0 aliphatic rings. The van der Waals surface area contributed by atoms with Gasteiger partial charge in [0.2, 0.25) is 0 Å². The zero-order chi connectivity index (χ0) is 13.9. The van der Waals surface area contributed by atoms with E-state index in [1.807, 2.05) is 0 Å². The van der Waals surface area contributed by atoms with Crippen molar-refractivity contribution in [2.24, 2.45) is 0 Å². The summed E-state index contributed by atoms with van der Waals surface area (Å²) in [7, 11) is 0. The highest BCUT2D eigenvalue weighted by atomic mass is 35.5. The van der Waals surface area contributed by atoms with Crippen molar-refractivity contribution in [3.63, 3.8) is 0 Å². The predicted molar refractivity (Wildman–Crippen MR) is 56.6 cm³/mol. The van der Waals surface area contributed by atoms with E-state index >= 15 is 0 Å². The molecule has 1 aromatic carbocycles. The minimum absolute atomic E-state index is 0.270. The Kier molecular flexibility index (Phi) is 4.64. The average molecular weight is 308 g/mol. The highest BCUT2D eigenvalue weighted by Gasteiger charge is 2.39. The van der Waals surface area contributed by atoms with Crippen LogP contribution in [0.25, 0.3) is 0 Å². The zero-order valence-electron chi connectivity index (χ0n) is 8.31. The van der Waals surface area contributed by atoms with Crippen molar-refractivity contribution >= 4 is 29.2 Å². The molecule has 0 aliphatic heterocycles. The van der Waals surface area contributed by atoms with Crippen LogP contribution in [0.1, 0.15) is 0 Å². The third-order valence-corrected chi connectivity index (χ3v) is 2.05. The number of anilines is 1. The van der Waals surface area contributed by atoms with E-state index in [1.165, 1.54) is 12.1 Å². The molecular weight excluding hydrogens is 304 g/mol. The molecule has 1 aromatic rings. The summed E-state index contributed by atoms with van der Waals surface area (Å²) >= 11 is 10.7. The molecule has 9 heteroatoms. The highest BCUT2D eigenvalue weighted by molar-refractivity contribution is 6.49. The van der Waals surface area contributed by atoms with Crippen LogP contribution in [0, 0.1) is 0 Å². The Morgan fingerprint density at radius 2 is 1.56 bits per heavy atom. The van der Waals surface area contributed by atoms with Crippen LogP contribution in [0.5, 0.6) is 5.75 Å². The van der Waals surface area contributed by atoms with E-state index in [1.54, 1.807) is 0 Å². The third kappa shape index (κ3) is 3.92. The molecule has 0 saturated heterocycles. The van der Waals surface area contributed by atoms with Gasteiger partial charge < -0.3 is 4.74 Å². The number of hydrogen-bond acceptors (Lipinski definition) is 2. The lowest BCUT2D eigenvalue weighted by atomic mass is 10.3. The SMILES string of the molecule is FC(Oc1ccc(N(Cl)Cl)cc1)=C(F)C(F)(F)F. The first-order valence-corrected chi connectivity index (χ1v) is 4.91. The van der Waals surface area contributed by atoms with Crippen LogP contribution < -0.4 is 8.67 Å². The normalized spacial score (nSPS) is 13.1. The van der Waals surface area contributed by atoms with Gasteiger partial charge in [0.1, 0.15) is 5.75 Å². The number of halogens is 7. The van der Waals surface area contributed by atoms with E-state index in [0.717, 1.165) is 12.1 Å². The van der Waals surface area contributed by atoms with E-state index in [4.69, 9.17) is 23.6 Å². The first kappa shape index (κ1) is 14.8. The second kappa shape index (κ2) is 5.62. The number of alkyl halides is 3. The topological polar surface area (TPSA) is 12.5 Å². The van der Waals surface area contributed by atoms with Crippen LogP contribution in [0.4, 0.5) is 27.6 Å². The minimum Gasteiger partial charge on any atom is -0.430 e. The zero-order valence-corrected chi connectivity index (χ0v) is 9.82. The van der Waals surface area contributed by atoms with Gasteiger partial charge >= 0.3 is 12.2 Å². The van der Waals surface area contributed by atoms with Gasteiger partial charge in [-0.25, -0.2) is 0 Å². The molecule has 1 rings (SSSR count). The number of rotatable bonds is 3. The van der Waals surface area contributed by atoms with Crippen LogP contribution in [-0.2, 0) is 0 Å². The molecule has 2 nitrogen and oxygen atoms in total. The van der Waals surface area contributed by atoms with Gasteiger partial charge in [-0.05, 0) is 24.3 Å². The summed E-state index contributed by atoms with van der Waals surface area (Å²) < 4.78 is 65.2. The van der Waals surface area contributed by atoms with Gasteiger partial charge in [-0.3, -0.25) is 0 Å². The summed E-state index contributed by atoms with van der Waals surface area (Å²) in [6, 6.07) is 2.22. The van der Waals surface area contributed by atoms with Crippen LogP contribution in [0.2, 0.25) is 0 Å². The summed E-state index contributed by atoms with van der Waals surface area (Å²) in [5, 5.41) is 0. The number of ether oxygens (including phenoxy) is 1. The van der Waals surface area contributed by atoms with E-state index < -0.39 is 18.0 Å². The van der Waals surface area contributed by atoms with Crippen molar-refractivity contribution in [1.29, 1.82) is 0 Å². The number of nitrogens with zero attached hydrogens (tertiary/aromatic N) is 1. The maximum Gasteiger partial charge on any atom is 0.449 e. The van der Waals surface area contributed by atoms with E-state index in [2.05, 4.69) is 4.74 Å². The molecule has 0 unspecified atom stereocenters. The van der Waals surface area contributed by atoms with Crippen LogP contribution in [0.3, 0.4) is 0 Å². The monoisotopic (exact) mass is 307 g/mol. The summed E-state index contributed by atoms with van der Waals surface area (Å²) in [4.78, 5) is 0. The molecule has 0 radical (unpaired) electrons. The number of benzene rings is 1. The van der Waals surface area contributed by atoms with Crippen LogP contribution in [0.15, 0.2) is 36.1 Å². The average Bonchev–Trinajstić information content (AvgIpc) is 2.27. The van der Waals surface area contributed by atoms with Crippen molar-refractivity contribution < 1.29 is 26.7 Å². The maximum absolute atomic E-state index is 12.7. The molecule has 0 bridgehead atoms. The third-order valence-electron chi connectivity index (χ3n) is 1.66. The highest BCUT2D eigenvalue weighted by Crippen LogP contribution is 2.31. The predicted octanol–water partition coefficient (Wildman–Crippen LogP) is 4.85. The summed E-state index contributed by atoms with van der Waals surface area (Å²) in [5.74, 6) is -3.28. The minimum atomic E-state index is -5.44. The second-order valence-corrected chi connectivity index (χ2v) is 3.76. The van der Waals surface area contributed by atoms with Gasteiger partial charge in [0.15, 0.2) is 0 Å². The molecule has 0 aromatic heterocycles. The molecule has 0 N–H and O–H groups in total. The lowest BCUT2D eigenvalue weighted by Crippen LogP contribution is -2.11. The Balaban J connectivity index is 2.86. The molecule has 0 aliphatic carbocycles. The Morgan fingerprint density at radius 3 is 1.94 bits per heavy atom. The van der Waals surface area contributed by atoms with E-state index in [9.17, 15) is 22.0 Å². The molecule has 100 valence electrons. The van der Waals surface area contributed by atoms with Gasteiger partial charge in [0, 0.05) is 23.6 Å². The van der Waals surface area contributed by atoms with E-state index in [0.29, 0.717) is 3.94 Å². The van der Waals surface area contributed by atoms with Crippen molar-refractivity contribution in [1.82, 2.24) is 0 Å². The largest absolute Gasteiger partial charge is 0.449 e. The number of hydrogen-bond donors (Lipinski definition) is 0. The van der Waals surface area contributed by atoms with Gasteiger partial charge in [0.25, 0.3) is 5.83 Å². The van der Waals surface area contributed by atoms with Crippen LogP contribution in [-0.4, -0.2) is 6.18 Å². The fourth-order valence-electron chi connectivity index (χ4n) is 0.887. The molecular formula is C9H4Cl2F5NO. The molecule has 18 heavy (non-hydrogen) atoms. The first-order chi connectivity index (χ1) is 8.21. The summed E-state index contributed by atoms with van der Waals surface area (Å²) in [5.41, 5.74) is 0.270. The van der Waals surface area contributed by atoms with Crippen molar-refractivity contribution in [3.05, 3.63) is 36.1 Å². The van der Waals surface area contributed by atoms with Crippen molar-refractivity contribution in [2.45, 2.75) is 6.18 Å². The molecule has 0 amide bonds. The summed E-state index contributed by atoms with van der Waals surface area (Å²) in [6.45, 7) is 0. The fraction of sp³-hybridized carbons (Fsp3) is 0.111. The lowest BCUT2D eigenvalue weighted by molar-refractivity contribution is -0.114. The smallest absolute Gasteiger partial charge is 0.430 e. The standard InChI is InChI=1S/C9H4Cl2F5NO/c10-17(11)5-1-3-6(4-2-5)18-8(13)7(12)9(14,15)16/h1-4H. The lowest BCUT2D eigenvalue weighted by Gasteiger charge is -2.08. The molecule has 0 saturated carbocycles. The molecule has 0 fully saturated rings. The molecule has 0 heterocycles. The van der Waals surface area contributed by atoms with Gasteiger partial charge in [-0.2, -0.15) is 25.9 Å². The maximum atomic E-state index is 12.7. The second-order valence-electron chi connectivity index (χ2n) is 2.91. The fourth-order valence-corrected chi connectivity index (χ4v) is 1.11. The Morgan fingerprint density at radius 1 is 1.06 bits per heavy atom. The Bertz CT molecular complexity index is 443. The van der Waals surface area contributed by atoms with Gasteiger partial charge in [-0.1, -0.05) is 0 Å². The first-order valence-electron chi connectivity index (χ1n) is 4.24. The number of allylic oxidation sites excluding steroid dienone is 1. The molecule has 0 atom stereocenters. The Labute approximate surface area is 108 Å². The van der Waals surface area contributed by atoms with Gasteiger partial charge in [-0.15, -0.1) is 0 Å². The molecule has 0 spiro atoms. The summed E-state index contributed by atoms with van der Waals surface area (Å²) in [6.07, 6.45) is -5.44. The van der Waals surface area contributed by atoms with Crippen molar-refractivity contribution in [2.75, 3.05) is 3.94 Å². The van der Waals surface area contributed by atoms with Gasteiger partial charge in [0.05, 0.1) is 5.69 Å². The van der Waals surface area contributed by atoms with Crippen LogP contribution >= 0.6 is 23.6 Å². The quantitative estimate of drug-likeness (QED) is 0.449. The Hall–Kier alpha value is -1.21. The van der Waals surface area contributed by atoms with E-state index in [-0.39, 0.29) is 11.4 Å².